The summed E-state index contributed by atoms with van der Waals surface area (Å²) < 4.78 is 5.43. The summed E-state index contributed by atoms with van der Waals surface area (Å²) in [6.45, 7) is 2.40. The highest BCUT2D eigenvalue weighted by Crippen LogP contribution is 2.25. The lowest BCUT2D eigenvalue weighted by atomic mass is 10.2. The minimum atomic E-state index is -0.196. The van der Waals surface area contributed by atoms with Crippen molar-refractivity contribution in [2.75, 3.05) is 6.61 Å². The summed E-state index contributed by atoms with van der Waals surface area (Å²) in [6.07, 6.45) is 0.952. The van der Waals surface area contributed by atoms with Crippen LogP contribution in [0.2, 0.25) is 5.02 Å². The second kappa shape index (κ2) is 6.35. The van der Waals surface area contributed by atoms with Gasteiger partial charge in [-0.3, -0.25) is 10.2 Å². The molecule has 0 aromatic heterocycles. The number of hydrazine groups is 1. The van der Waals surface area contributed by atoms with Crippen LogP contribution in [-0.2, 0) is 4.79 Å². The van der Waals surface area contributed by atoms with Crippen molar-refractivity contribution >= 4 is 17.5 Å². The Kier molecular flexibility index (Phi) is 5.08. The third kappa shape index (κ3) is 4.08. The molecule has 1 aromatic rings. The maximum atomic E-state index is 10.8. The van der Waals surface area contributed by atoms with E-state index in [2.05, 4.69) is 5.43 Å². The number of hydrogen-bond donors (Lipinski definition) is 2. The highest BCUT2D eigenvalue weighted by molar-refractivity contribution is 6.32. The maximum absolute atomic E-state index is 10.8. The molecule has 0 aliphatic heterocycles. The Balaban J connectivity index is 2.35. The lowest BCUT2D eigenvalue weighted by molar-refractivity contribution is -0.121. The van der Waals surface area contributed by atoms with Gasteiger partial charge in [0.25, 0.3) is 0 Å². The molecular formula is C11H15ClN2O2. The lowest BCUT2D eigenvalue weighted by Crippen LogP contribution is -2.29. The number of rotatable bonds is 5. The Morgan fingerprint density at radius 1 is 1.56 bits per heavy atom. The first-order chi connectivity index (χ1) is 7.63. The van der Waals surface area contributed by atoms with Crippen LogP contribution in [-0.4, -0.2) is 12.5 Å². The lowest BCUT2D eigenvalue weighted by Gasteiger charge is -2.08. The molecule has 0 fully saturated rings. The maximum Gasteiger partial charge on any atom is 0.234 e. The fourth-order valence-corrected chi connectivity index (χ4v) is 1.50. The van der Waals surface area contributed by atoms with E-state index in [1.807, 2.05) is 25.1 Å². The van der Waals surface area contributed by atoms with Crippen LogP contribution in [0.3, 0.4) is 0 Å². The number of carbonyl (C=O) groups is 1. The first kappa shape index (κ1) is 12.8. The van der Waals surface area contributed by atoms with Gasteiger partial charge < -0.3 is 4.74 Å². The Labute approximate surface area is 99.7 Å². The normalized spacial score (nSPS) is 9.94. The van der Waals surface area contributed by atoms with Crippen LogP contribution >= 0.6 is 11.6 Å². The summed E-state index contributed by atoms with van der Waals surface area (Å²) in [7, 11) is 0. The third-order valence-electron chi connectivity index (χ3n) is 2.05. The van der Waals surface area contributed by atoms with Crippen LogP contribution in [0.1, 0.15) is 18.4 Å². The molecule has 0 aliphatic rings. The van der Waals surface area contributed by atoms with E-state index >= 15 is 0 Å². The smallest absolute Gasteiger partial charge is 0.234 e. The first-order valence-electron chi connectivity index (χ1n) is 5.02. The molecule has 0 saturated carbocycles. The van der Waals surface area contributed by atoms with Crippen LogP contribution in [0.5, 0.6) is 5.75 Å². The number of aryl methyl sites for hydroxylation is 1. The fraction of sp³-hybridized carbons (Fsp3) is 0.364. The van der Waals surface area contributed by atoms with E-state index in [4.69, 9.17) is 22.2 Å². The second-order valence-corrected chi connectivity index (χ2v) is 3.86. The number of amides is 1. The number of nitrogens with one attached hydrogen (secondary N) is 1. The van der Waals surface area contributed by atoms with E-state index in [9.17, 15) is 4.79 Å². The molecule has 5 heteroatoms. The Morgan fingerprint density at radius 2 is 2.31 bits per heavy atom. The van der Waals surface area contributed by atoms with E-state index in [0.717, 1.165) is 5.56 Å². The molecule has 3 N–H and O–H groups in total. The van der Waals surface area contributed by atoms with E-state index in [0.29, 0.717) is 30.2 Å². The van der Waals surface area contributed by atoms with Gasteiger partial charge >= 0.3 is 0 Å². The second-order valence-electron chi connectivity index (χ2n) is 3.45. The predicted molar refractivity (Wildman–Crippen MR) is 63.2 cm³/mol. The van der Waals surface area contributed by atoms with Gasteiger partial charge in [-0.05, 0) is 31.0 Å². The van der Waals surface area contributed by atoms with Gasteiger partial charge in [-0.2, -0.15) is 0 Å². The molecule has 0 unspecified atom stereocenters. The number of hydrogen-bond acceptors (Lipinski definition) is 3. The van der Waals surface area contributed by atoms with Crippen molar-refractivity contribution in [3.63, 3.8) is 0 Å². The zero-order valence-electron chi connectivity index (χ0n) is 9.13. The number of benzene rings is 1. The summed E-state index contributed by atoms with van der Waals surface area (Å²) in [6, 6.07) is 5.58. The summed E-state index contributed by atoms with van der Waals surface area (Å²) in [5, 5.41) is 0.586. The molecule has 0 spiro atoms. The molecule has 4 nitrogen and oxygen atoms in total. The van der Waals surface area contributed by atoms with E-state index < -0.39 is 0 Å². The molecular weight excluding hydrogens is 228 g/mol. The van der Waals surface area contributed by atoms with Crippen LogP contribution in [0, 0.1) is 6.92 Å². The van der Waals surface area contributed by atoms with Crippen molar-refractivity contribution in [3.05, 3.63) is 28.8 Å². The van der Waals surface area contributed by atoms with Gasteiger partial charge in [0.15, 0.2) is 0 Å². The predicted octanol–water partition coefficient (Wildman–Crippen LogP) is 1.80. The highest BCUT2D eigenvalue weighted by atomic mass is 35.5. The molecule has 0 atom stereocenters. The van der Waals surface area contributed by atoms with Crippen molar-refractivity contribution in [2.24, 2.45) is 5.84 Å². The van der Waals surface area contributed by atoms with Crippen molar-refractivity contribution in [2.45, 2.75) is 19.8 Å². The molecule has 1 rings (SSSR count). The molecule has 0 radical (unpaired) electrons. The average Bonchev–Trinajstić information content (AvgIpc) is 2.26. The van der Waals surface area contributed by atoms with E-state index in [-0.39, 0.29) is 5.91 Å². The Morgan fingerprint density at radius 3 is 2.94 bits per heavy atom. The first-order valence-corrected chi connectivity index (χ1v) is 5.39. The third-order valence-corrected chi connectivity index (χ3v) is 2.35. The van der Waals surface area contributed by atoms with Crippen LogP contribution in [0.15, 0.2) is 18.2 Å². The monoisotopic (exact) mass is 242 g/mol. The van der Waals surface area contributed by atoms with Gasteiger partial charge in [0, 0.05) is 6.42 Å². The fourth-order valence-electron chi connectivity index (χ4n) is 1.21. The van der Waals surface area contributed by atoms with Crippen molar-refractivity contribution in [1.29, 1.82) is 0 Å². The van der Waals surface area contributed by atoms with Crippen LogP contribution < -0.4 is 16.0 Å². The van der Waals surface area contributed by atoms with E-state index in [1.165, 1.54) is 0 Å². The average molecular weight is 243 g/mol. The molecule has 0 saturated heterocycles. The molecule has 0 aliphatic carbocycles. The van der Waals surface area contributed by atoms with Gasteiger partial charge in [-0.15, -0.1) is 0 Å². The Hall–Kier alpha value is -1.26. The molecule has 88 valence electrons. The van der Waals surface area contributed by atoms with Crippen LogP contribution in [0.4, 0.5) is 0 Å². The van der Waals surface area contributed by atoms with Gasteiger partial charge in [0.1, 0.15) is 5.75 Å². The van der Waals surface area contributed by atoms with Crippen molar-refractivity contribution in [3.8, 4) is 5.75 Å². The zero-order chi connectivity index (χ0) is 12.0. The highest BCUT2D eigenvalue weighted by Gasteiger charge is 2.02. The summed E-state index contributed by atoms with van der Waals surface area (Å²) >= 11 is 5.97. The topological polar surface area (TPSA) is 64.3 Å². The summed E-state index contributed by atoms with van der Waals surface area (Å²) in [5.41, 5.74) is 3.15. The quantitative estimate of drug-likeness (QED) is 0.358. The molecule has 1 aromatic carbocycles. The minimum Gasteiger partial charge on any atom is -0.492 e. The Bertz CT molecular complexity index is 369. The minimum absolute atomic E-state index is 0.196. The number of ether oxygens (including phenoxy) is 1. The SMILES string of the molecule is Cc1ccc(OCCCC(=O)NN)c(Cl)c1. The number of nitrogens with two attached hydrogens (primary N) is 1. The summed E-state index contributed by atoms with van der Waals surface area (Å²) in [5.74, 6) is 5.39. The standard InChI is InChI=1S/C11H15ClN2O2/c1-8-4-5-10(9(12)7-8)16-6-2-3-11(15)14-13/h4-5,7H,2-3,6,13H2,1H3,(H,14,15). The number of halogens is 1. The van der Waals surface area contributed by atoms with Gasteiger partial charge in [0.2, 0.25) is 5.91 Å². The molecule has 0 bridgehead atoms. The van der Waals surface area contributed by atoms with Crippen molar-refractivity contribution in [1.82, 2.24) is 5.43 Å². The zero-order valence-corrected chi connectivity index (χ0v) is 9.88. The van der Waals surface area contributed by atoms with Gasteiger partial charge in [0.05, 0.1) is 11.6 Å². The molecule has 16 heavy (non-hydrogen) atoms. The van der Waals surface area contributed by atoms with Crippen molar-refractivity contribution < 1.29 is 9.53 Å². The van der Waals surface area contributed by atoms with Gasteiger partial charge in [-0.25, -0.2) is 5.84 Å². The van der Waals surface area contributed by atoms with Crippen LogP contribution in [0.25, 0.3) is 0 Å². The van der Waals surface area contributed by atoms with Gasteiger partial charge in [-0.1, -0.05) is 17.7 Å². The molecule has 0 heterocycles. The van der Waals surface area contributed by atoms with E-state index in [1.54, 1.807) is 0 Å². The molecule has 1 amide bonds. The summed E-state index contributed by atoms with van der Waals surface area (Å²) in [4.78, 5) is 10.8. The number of carbonyl (C=O) groups excluding carboxylic acids is 1. The largest absolute Gasteiger partial charge is 0.492 e.